The largest absolute Gasteiger partial charge is 1.00 e. The van der Waals surface area contributed by atoms with Crippen LogP contribution in [0.2, 0.25) is 0 Å². The van der Waals surface area contributed by atoms with Crippen molar-refractivity contribution >= 4 is 142 Å². The third kappa shape index (κ3) is 24.8. The maximum atomic E-state index is 13.4. The number of esters is 3. The minimum atomic E-state index is -0.972. The third-order valence-electron chi connectivity index (χ3n) is 25.4. The van der Waals surface area contributed by atoms with E-state index in [1.165, 1.54) is 72.4 Å². The van der Waals surface area contributed by atoms with Crippen LogP contribution < -0.4 is 35.6 Å². The van der Waals surface area contributed by atoms with Gasteiger partial charge in [0.05, 0.1) is 41.0 Å². The number of halogens is 4. The van der Waals surface area contributed by atoms with Crippen LogP contribution in [0.1, 0.15) is 119 Å². The van der Waals surface area contributed by atoms with E-state index in [1.54, 1.807) is 51.1 Å². The number of nitrogens with two attached hydrogens (primary N) is 2. The number of aliphatic carboxylic acids is 3. The van der Waals surface area contributed by atoms with Crippen LogP contribution in [0.3, 0.4) is 0 Å². The number of carbonyl (C=O) groups is 12. The van der Waals surface area contributed by atoms with Gasteiger partial charge in [-0.25, -0.2) is 27.6 Å². The summed E-state index contributed by atoms with van der Waals surface area (Å²) in [7, 11) is 4.02. The van der Waals surface area contributed by atoms with Gasteiger partial charge in [-0.05, 0) is 143 Å². The number of methoxy groups -OCH3 is 3. The summed E-state index contributed by atoms with van der Waals surface area (Å²) < 4.78 is 56.9. The molecule has 12 heterocycles. The Balaban J connectivity index is 0.000000164. The van der Waals surface area contributed by atoms with Crippen molar-refractivity contribution in [3.05, 3.63) is 285 Å². The Labute approximate surface area is 828 Å². The maximum Gasteiger partial charge on any atom is 1.00 e. The molecular weight excluding hydrogens is 1890 g/mol. The molecule has 39 heteroatoms. The molecule has 141 heavy (non-hydrogen) atoms. The second kappa shape index (κ2) is 49.1. The molecule has 0 saturated carbocycles. The van der Waals surface area contributed by atoms with Gasteiger partial charge in [0.15, 0.2) is 0 Å². The SMILES string of the molecule is COC(=O)CCCN.COC(=O)CCCN1C(=O)C2Cc3c([nH]c4ccccc34)CN2C1=O.COC(=O)CCCN1C(=O)C2Cc3c(n(Cc4ccc(F)cc4)c4ccccc34)CN2C1=O.Fc1ccc(CBr)cc1.NC(Cc1c[nH]c2ccccc12)C(=O)O.O.O=C(O)C1Cc2c([nH]c3ccccc23)CN1.O=C(O)CCCN1C(=O)C2Cc3c(n(Cc4ccc(F)cc4)c4ccccc34)CN2C1=O.[Li+].[OH-]. The second-order valence-electron chi connectivity index (χ2n) is 34.0. The van der Waals surface area contributed by atoms with E-state index in [2.05, 4.69) is 59.5 Å². The number of carboxylic acid groups (broad SMARTS) is 3. The summed E-state index contributed by atoms with van der Waals surface area (Å²) >= 11 is 3.26. The van der Waals surface area contributed by atoms with Crippen LogP contribution in [0.25, 0.3) is 54.5 Å². The summed E-state index contributed by atoms with van der Waals surface area (Å²) in [6, 6.07) is 55.1. The molecule has 7 aliphatic heterocycles. The fourth-order valence-corrected chi connectivity index (χ4v) is 18.7. The van der Waals surface area contributed by atoms with Crippen molar-refractivity contribution in [2.45, 2.75) is 158 Å². The van der Waals surface area contributed by atoms with E-state index in [1.807, 2.05) is 128 Å². The first-order valence-electron chi connectivity index (χ1n) is 45.2. The number of para-hydroxylation sites is 5. The van der Waals surface area contributed by atoms with Crippen LogP contribution in [0.5, 0.6) is 0 Å². The molecule has 9 amide bonds. The molecule has 5 atom stereocenters. The monoisotopic (exact) mass is 1990 g/mol. The number of benzene rings is 8. The summed E-state index contributed by atoms with van der Waals surface area (Å²) in [5, 5.41) is 35.8. The van der Waals surface area contributed by atoms with Gasteiger partial charge in [-0.15, -0.1) is 0 Å². The first-order valence-corrected chi connectivity index (χ1v) is 46.3. The average molecular weight is 1990 g/mol. The Kier molecular flexibility index (Phi) is 37.3. The van der Waals surface area contributed by atoms with Crippen molar-refractivity contribution in [2.75, 3.05) is 47.5 Å². The number of carboxylic acids is 3. The van der Waals surface area contributed by atoms with Crippen molar-refractivity contribution in [1.29, 1.82) is 0 Å². The number of hydrogen-bond donors (Lipinski definition) is 9. The van der Waals surface area contributed by atoms with Crippen molar-refractivity contribution in [3.63, 3.8) is 0 Å². The number of carbonyl (C=O) groups excluding carboxylic acids is 9. The molecule has 14 N–H and O–H groups in total. The minimum Gasteiger partial charge on any atom is -0.870 e. The number of hydrogen-bond acceptors (Lipinski definition) is 19. The standard InChI is InChI=1S/C25H24FN3O4.C24H22FN3O4.C18H19N3O4.C12H12N2O2.C11H12N2O2.C7H6BrF.C5H11NO2.Li.2H2O/c1-33-23(30)7-4-12-27-24(31)21-13-19-18-5-2-3-6-20(18)28(22(19)15-29(21)25(27)32)14-16-8-10-17(26)11-9-16;25-16-9-7-15(8-10-16)13-27-19-5-2-1-4-17(19)18-12-20-23(31)26(11-3-6-22(29)30)24(32)28(20)14-21(18)27;1-25-16(22)7-4-8-20-17(23)15-9-12-11-5-2-3-6-13(11)19-14(12)10-21(15)18(20)24;15-12(16)10-5-8-7-3-1-2-4-9(7)14-11(8)6-13-10;12-9(11(14)15)5-7-6-13-10-4-2-1-3-8(7)10;8-5-6-1-3-7(9)4-2-6;1-8-5(7)3-2-4-6;;;/h2-3,5-6,8-11,21H,4,7,12-15H2,1H3;1-2,4-5,7-10,20H,3,6,11-14H2,(H,29,30);2-3,5-6,15,19H,4,7-10H2,1H3;1-4,10,13-14H,5-6H2,(H,15,16);1-4,6,9,13H,5,12H2,(H,14,15);1-4H,5H2;2-4,6H2,1H3;;2*1H2/q;;;;;;;+1;;/p-1. The topological polar surface area (TPSA) is 495 Å². The minimum absolute atomic E-state index is 0. The van der Waals surface area contributed by atoms with Gasteiger partial charge in [0.25, 0.3) is 17.7 Å². The smallest absolute Gasteiger partial charge is 0.870 e. The Morgan fingerprint density at radius 2 is 0.830 bits per heavy atom. The number of alkyl halides is 1. The van der Waals surface area contributed by atoms with E-state index in [9.17, 15) is 70.7 Å². The number of ether oxygens (including phenoxy) is 3. The summed E-state index contributed by atoms with van der Waals surface area (Å²) in [4.78, 5) is 161. The molecule has 0 spiro atoms. The number of rotatable bonds is 24. The van der Waals surface area contributed by atoms with Gasteiger partial charge in [-0.2, -0.15) is 0 Å². The predicted octanol–water partition coefficient (Wildman–Crippen LogP) is 9.67. The number of amides is 9. The summed E-state index contributed by atoms with van der Waals surface area (Å²) in [5.41, 5.74) is 28.2. The molecule has 3 fully saturated rings. The number of nitrogens with one attached hydrogen (secondary N) is 4. The van der Waals surface area contributed by atoms with Gasteiger partial charge >= 0.3 is 72.8 Å². The molecule has 3 saturated heterocycles. The Hall–Kier alpha value is -14.2. The molecule has 7 aliphatic rings. The van der Waals surface area contributed by atoms with Crippen LogP contribution >= 0.6 is 15.9 Å². The Bertz CT molecular complexity index is 6710. The number of urea groups is 3. The van der Waals surface area contributed by atoms with Crippen LogP contribution in [-0.2, 0) is 134 Å². The van der Waals surface area contributed by atoms with Crippen molar-refractivity contribution in [1.82, 2.24) is 58.8 Å². The molecule has 0 radical (unpaired) electrons. The number of aromatic nitrogens is 5. The van der Waals surface area contributed by atoms with E-state index in [0.29, 0.717) is 104 Å². The summed E-state index contributed by atoms with van der Waals surface area (Å²) in [5.74, 6) is -4.99. The Morgan fingerprint density at radius 3 is 1.24 bits per heavy atom. The predicted molar refractivity (Wildman–Crippen MR) is 516 cm³/mol. The van der Waals surface area contributed by atoms with E-state index in [0.717, 1.165) is 127 Å². The molecular formula is C102H109BrF3LiN14O20. The number of fused-ring (bicyclic) bond motifs is 16. The van der Waals surface area contributed by atoms with Crippen LogP contribution in [0, 0.1) is 17.5 Å². The quantitative estimate of drug-likeness (QED) is 0.00893. The van der Waals surface area contributed by atoms with E-state index in [4.69, 9.17) is 26.8 Å². The van der Waals surface area contributed by atoms with Gasteiger partial charge in [-0.1, -0.05) is 143 Å². The number of H-pyrrole nitrogens is 3. The normalized spacial score (nSPS) is 16.2. The van der Waals surface area contributed by atoms with Gasteiger partial charge in [0.2, 0.25) is 0 Å². The molecule has 5 unspecified atom stereocenters. The molecule has 0 aliphatic carbocycles. The summed E-state index contributed by atoms with van der Waals surface area (Å²) in [6.07, 6.45) is 6.55. The van der Waals surface area contributed by atoms with E-state index in [-0.39, 0.29) is 146 Å². The van der Waals surface area contributed by atoms with Crippen LogP contribution in [0.15, 0.2) is 200 Å². The molecule has 8 aromatic carbocycles. The number of aromatic amines is 3. The first kappa shape index (κ1) is 107. The van der Waals surface area contributed by atoms with Crippen LogP contribution in [0.4, 0.5) is 27.6 Å². The van der Waals surface area contributed by atoms with Gasteiger partial charge in [-0.3, -0.25) is 63.2 Å². The van der Waals surface area contributed by atoms with Crippen molar-refractivity contribution in [3.8, 4) is 0 Å². The molecule has 0 bridgehead atoms. The third-order valence-corrected chi connectivity index (χ3v) is 26.0. The van der Waals surface area contributed by atoms with Crippen molar-refractivity contribution < 1.29 is 130 Å². The zero-order valence-electron chi connectivity index (χ0n) is 78.1. The summed E-state index contributed by atoms with van der Waals surface area (Å²) in [6.45, 7) is 3.80. The van der Waals surface area contributed by atoms with Crippen molar-refractivity contribution in [2.24, 2.45) is 11.5 Å². The second-order valence-corrected chi connectivity index (χ2v) is 34.6. The van der Waals surface area contributed by atoms with Crippen LogP contribution in [-0.4, -0.2) is 229 Å². The van der Waals surface area contributed by atoms with Gasteiger partial charge < -0.3 is 90.7 Å². The zero-order chi connectivity index (χ0) is 98.1. The van der Waals surface area contributed by atoms with E-state index < -0.39 is 48.1 Å². The van der Waals surface area contributed by atoms with Gasteiger partial charge in [0.1, 0.15) is 47.7 Å². The molecule has 736 valence electrons. The first-order chi connectivity index (χ1) is 66.6. The molecule has 5 aromatic heterocycles. The molecule has 13 aromatic rings. The fourth-order valence-electron chi connectivity index (χ4n) is 18.3. The fraction of sp³-hybridized carbons (Fsp3) is 0.314. The number of nitrogens with zero attached hydrogens (tertiary/aromatic N) is 8. The van der Waals surface area contributed by atoms with E-state index >= 15 is 0 Å². The Morgan fingerprint density at radius 1 is 0.461 bits per heavy atom. The molecule has 20 rings (SSSR count). The van der Waals surface area contributed by atoms with Gasteiger partial charge in [0, 0.05) is 186 Å². The maximum absolute atomic E-state index is 13.4. The average Bonchev–Trinajstić information content (AvgIpc) is 1.58. The number of imide groups is 3. The zero-order valence-corrected chi connectivity index (χ0v) is 79.7. The molecule has 34 nitrogen and oxygen atoms in total.